The van der Waals surface area contributed by atoms with Gasteiger partial charge in [-0.3, -0.25) is 4.79 Å². The SMILES string of the molecule is CC(NC(=O)c1cc(NC(=O)Nc2ccc(F)cc2F)ccc1N1CCCCC1)c1ccccc1. The van der Waals surface area contributed by atoms with Crippen LogP contribution in [0, 0.1) is 11.6 Å². The molecule has 182 valence electrons. The Balaban J connectivity index is 1.55. The Kier molecular flexibility index (Phi) is 7.60. The van der Waals surface area contributed by atoms with Crippen molar-refractivity contribution in [2.24, 2.45) is 0 Å². The highest BCUT2D eigenvalue weighted by atomic mass is 19.1. The molecule has 3 amide bonds. The van der Waals surface area contributed by atoms with E-state index in [2.05, 4.69) is 20.9 Å². The van der Waals surface area contributed by atoms with Crippen LogP contribution in [-0.4, -0.2) is 25.0 Å². The van der Waals surface area contributed by atoms with Gasteiger partial charge in [0.25, 0.3) is 5.91 Å². The van der Waals surface area contributed by atoms with Crippen molar-refractivity contribution in [1.29, 1.82) is 0 Å². The van der Waals surface area contributed by atoms with Gasteiger partial charge in [0.2, 0.25) is 0 Å². The van der Waals surface area contributed by atoms with E-state index in [1.54, 1.807) is 12.1 Å². The van der Waals surface area contributed by atoms with Crippen LogP contribution < -0.4 is 20.9 Å². The molecule has 1 atom stereocenters. The molecule has 3 N–H and O–H groups in total. The summed E-state index contributed by atoms with van der Waals surface area (Å²) < 4.78 is 27.0. The van der Waals surface area contributed by atoms with Gasteiger partial charge in [-0.05, 0) is 62.1 Å². The number of nitrogens with one attached hydrogen (secondary N) is 3. The first-order valence-corrected chi connectivity index (χ1v) is 11.7. The van der Waals surface area contributed by atoms with E-state index >= 15 is 0 Å². The number of hydrogen-bond acceptors (Lipinski definition) is 3. The number of halogens is 2. The van der Waals surface area contributed by atoms with Gasteiger partial charge in [-0.25, -0.2) is 13.6 Å². The number of amides is 3. The molecule has 1 saturated heterocycles. The third kappa shape index (κ3) is 6.15. The average Bonchev–Trinajstić information content (AvgIpc) is 2.86. The Bertz CT molecular complexity index is 1200. The maximum atomic E-state index is 13.9. The first-order chi connectivity index (χ1) is 16.9. The summed E-state index contributed by atoms with van der Waals surface area (Å²) >= 11 is 0. The highest BCUT2D eigenvalue weighted by molar-refractivity contribution is 6.04. The number of anilines is 3. The molecule has 3 aromatic rings. The maximum absolute atomic E-state index is 13.9. The van der Waals surface area contributed by atoms with Gasteiger partial charge in [0.05, 0.1) is 17.3 Å². The van der Waals surface area contributed by atoms with Gasteiger partial charge < -0.3 is 20.9 Å². The highest BCUT2D eigenvalue weighted by Crippen LogP contribution is 2.28. The van der Waals surface area contributed by atoms with Crippen LogP contribution in [0.25, 0.3) is 0 Å². The smallest absolute Gasteiger partial charge is 0.323 e. The van der Waals surface area contributed by atoms with E-state index in [9.17, 15) is 18.4 Å². The third-order valence-corrected chi connectivity index (χ3v) is 6.02. The average molecular weight is 479 g/mol. The molecule has 3 aromatic carbocycles. The van der Waals surface area contributed by atoms with Crippen LogP contribution in [0.4, 0.5) is 30.6 Å². The van der Waals surface area contributed by atoms with E-state index < -0.39 is 17.7 Å². The number of benzene rings is 3. The second-order valence-corrected chi connectivity index (χ2v) is 8.59. The number of rotatable bonds is 6. The minimum atomic E-state index is -0.879. The van der Waals surface area contributed by atoms with Crippen molar-refractivity contribution in [3.63, 3.8) is 0 Å². The zero-order chi connectivity index (χ0) is 24.8. The Morgan fingerprint density at radius 1 is 0.886 bits per heavy atom. The van der Waals surface area contributed by atoms with Gasteiger partial charge in [0.1, 0.15) is 11.6 Å². The fourth-order valence-corrected chi connectivity index (χ4v) is 4.18. The number of carbonyl (C=O) groups is 2. The molecular weight excluding hydrogens is 450 g/mol. The molecule has 1 unspecified atom stereocenters. The van der Waals surface area contributed by atoms with Crippen LogP contribution in [0.2, 0.25) is 0 Å². The topological polar surface area (TPSA) is 73.5 Å². The van der Waals surface area contributed by atoms with Crippen LogP contribution in [-0.2, 0) is 0 Å². The lowest BCUT2D eigenvalue weighted by Crippen LogP contribution is -2.33. The van der Waals surface area contributed by atoms with Crippen molar-refractivity contribution < 1.29 is 18.4 Å². The fourth-order valence-electron chi connectivity index (χ4n) is 4.18. The Labute approximate surface area is 203 Å². The minimum Gasteiger partial charge on any atom is -0.371 e. The molecule has 0 spiro atoms. The molecule has 8 heteroatoms. The lowest BCUT2D eigenvalue weighted by molar-refractivity contribution is 0.0940. The van der Waals surface area contributed by atoms with Gasteiger partial charge in [-0.2, -0.15) is 0 Å². The maximum Gasteiger partial charge on any atom is 0.323 e. The summed E-state index contributed by atoms with van der Waals surface area (Å²) in [5.41, 5.74) is 2.46. The first-order valence-electron chi connectivity index (χ1n) is 11.7. The summed E-state index contributed by atoms with van der Waals surface area (Å²) in [4.78, 5) is 28.0. The molecule has 4 rings (SSSR count). The lowest BCUT2D eigenvalue weighted by atomic mass is 10.0. The van der Waals surface area contributed by atoms with E-state index in [4.69, 9.17) is 0 Å². The summed E-state index contributed by atoms with van der Waals surface area (Å²) in [5, 5.41) is 8.04. The van der Waals surface area contributed by atoms with Gasteiger partial charge >= 0.3 is 6.03 Å². The molecule has 0 aliphatic carbocycles. The predicted octanol–water partition coefficient (Wildman–Crippen LogP) is 6.09. The van der Waals surface area contributed by atoms with Crippen LogP contribution in [0.5, 0.6) is 0 Å². The number of nitrogens with zero attached hydrogens (tertiary/aromatic N) is 1. The van der Waals surface area contributed by atoms with E-state index in [1.165, 1.54) is 0 Å². The van der Waals surface area contributed by atoms with Crippen LogP contribution >= 0.6 is 0 Å². The van der Waals surface area contributed by atoms with Gasteiger partial charge in [0.15, 0.2) is 0 Å². The standard InChI is InChI=1S/C27H28F2N4O2/c1-18(19-8-4-2-5-9-19)30-26(34)22-17-21(11-13-25(22)33-14-6-3-7-15-33)31-27(35)32-24-12-10-20(28)16-23(24)29/h2,4-5,8-13,16-18H,3,6-7,14-15H2,1H3,(H,30,34)(H2,31,32,35). The number of hydrogen-bond donors (Lipinski definition) is 3. The molecule has 1 heterocycles. The molecule has 6 nitrogen and oxygen atoms in total. The van der Waals surface area contributed by atoms with Crippen LogP contribution in [0.1, 0.15) is 48.1 Å². The zero-order valence-corrected chi connectivity index (χ0v) is 19.5. The fraction of sp³-hybridized carbons (Fsp3) is 0.259. The van der Waals surface area contributed by atoms with Crippen molar-refractivity contribution in [3.05, 3.63) is 89.5 Å². The first kappa shape index (κ1) is 24.2. The Morgan fingerprint density at radius 3 is 2.34 bits per heavy atom. The van der Waals surface area contributed by atoms with E-state index in [1.807, 2.05) is 43.3 Å². The molecule has 35 heavy (non-hydrogen) atoms. The number of piperidine rings is 1. The number of urea groups is 1. The normalized spacial score (nSPS) is 14.2. The van der Waals surface area contributed by atoms with E-state index in [0.717, 1.165) is 55.7 Å². The molecule has 1 aliphatic rings. The molecule has 0 saturated carbocycles. The van der Waals surface area contributed by atoms with Gasteiger partial charge in [0, 0.05) is 30.5 Å². The zero-order valence-electron chi connectivity index (χ0n) is 19.5. The second kappa shape index (κ2) is 11.0. The summed E-state index contributed by atoms with van der Waals surface area (Å²) in [7, 11) is 0. The molecule has 0 bridgehead atoms. The largest absolute Gasteiger partial charge is 0.371 e. The predicted molar refractivity (Wildman–Crippen MR) is 134 cm³/mol. The van der Waals surface area contributed by atoms with Gasteiger partial charge in [-0.1, -0.05) is 30.3 Å². The van der Waals surface area contributed by atoms with Crippen molar-refractivity contribution in [1.82, 2.24) is 5.32 Å². The molecule has 1 aliphatic heterocycles. The molecular formula is C27H28F2N4O2. The summed E-state index contributed by atoms with van der Waals surface area (Å²) in [6.07, 6.45) is 3.25. The molecule has 0 aromatic heterocycles. The van der Waals surface area contributed by atoms with Crippen LogP contribution in [0.3, 0.4) is 0 Å². The Hall–Kier alpha value is -3.94. The Morgan fingerprint density at radius 2 is 1.63 bits per heavy atom. The summed E-state index contributed by atoms with van der Waals surface area (Å²) in [6.45, 7) is 3.62. The summed E-state index contributed by atoms with van der Waals surface area (Å²) in [6, 6.07) is 16.8. The minimum absolute atomic E-state index is 0.150. The highest BCUT2D eigenvalue weighted by Gasteiger charge is 2.21. The molecule has 1 fully saturated rings. The monoisotopic (exact) mass is 478 g/mol. The van der Waals surface area contributed by atoms with E-state index in [0.29, 0.717) is 17.3 Å². The van der Waals surface area contributed by atoms with Crippen molar-refractivity contribution in [3.8, 4) is 0 Å². The number of carbonyl (C=O) groups excluding carboxylic acids is 2. The van der Waals surface area contributed by atoms with Gasteiger partial charge in [-0.15, -0.1) is 0 Å². The lowest BCUT2D eigenvalue weighted by Gasteiger charge is -2.31. The quantitative estimate of drug-likeness (QED) is 0.401. The van der Waals surface area contributed by atoms with E-state index in [-0.39, 0.29) is 17.6 Å². The van der Waals surface area contributed by atoms with Crippen molar-refractivity contribution >= 4 is 29.0 Å². The van der Waals surface area contributed by atoms with Crippen molar-refractivity contribution in [2.45, 2.75) is 32.2 Å². The summed E-state index contributed by atoms with van der Waals surface area (Å²) in [5.74, 6) is -1.87. The van der Waals surface area contributed by atoms with Crippen LogP contribution in [0.15, 0.2) is 66.7 Å². The van der Waals surface area contributed by atoms with Crippen molar-refractivity contribution in [2.75, 3.05) is 28.6 Å². The second-order valence-electron chi connectivity index (χ2n) is 8.59. The molecule has 0 radical (unpaired) electrons. The third-order valence-electron chi connectivity index (χ3n) is 6.02.